The highest BCUT2D eigenvalue weighted by Gasteiger charge is 2.07. The predicted molar refractivity (Wildman–Crippen MR) is 82.8 cm³/mol. The molecule has 4 heteroatoms. The maximum absolute atomic E-state index is 5.74. The van der Waals surface area contributed by atoms with Gasteiger partial charge in [-0.25, -0.2) is 0 Å². The van der Waals surface area contributed by atoms with E-state index in [0.717, 1.165) is 49.7 Å². The summed E-state index contributed by atoms with van der Waals surface area (Å²) in [5, 5.41) is 3.39. The first-order valence-corrected chi connectivity index (χ1v) is 7.50. The first-order chi connectivity index (χ1) is 9.49. The molecule has 0 amide bonds. The van der Waals surface area contributed by atoms with Crippen LogP contribution in [-0.2, 0) is 17.9 Å². The molecule has 1 N–H and O–H groups in total. The monoisotopic (exact) mass is 282 g/mol. The van der Waals surface area contributed by atoms with Crippen molar-refractivity contribution in [2.75, 3.05) is 33.8 Å². The van der Waals surface area contributed by atoms with E-state index in [1.807, 2.05) is 6.92 Å². The Kier molecular flexibility index (Phi) is 7.88. The summed E-state index contributed by atoms with van der Waals surface area (Å²) in [5.74, 6) is 2.62. The zero-order valence-corrected chi connectivity index (χ0v) is 13.7. The molecule has 0 aliphatic rings. The van der Waals surface area contributed by atoms with Gasteiger partial charge in [0.1, 0.15) is 11.5 Å². The Morgan fingerprint density at radius 3 is 2.75 bits per heavy atom. The van der Waals surface area contributed by atoms with Crippen molar-refractivity contribution < 1.29 is 9.15 Å². The van der Waals surface area contributed by atoms with E-state index in [2.05, 4.69) is 44.2 Å². The Labute approximate surface area is 123 Å². The largest absolute Gasteiger partial charge is 0.465 e. The van der Waals surface area contributed by atoms with Crippen molar-refractivity contribution in [3.8, 4) is 0 Å². The molecule has 1 rings (SSSR count). The summed E-state index contributed by atoms with van der Waals surface area (Å²) in [6, 6.07) is 2.11. The van der Waals surface area contributed by atoms with E-state index < -0.39 is 0 Å². The molecule has 0 saturated carbocycles. The number of nitrogens with zero attached hydrogens (tertiary/aromatic N) is 1. The molecule has 0 bridgehead atoms. The van der Waals surface area contributed by atoms with Crippen LogP contribution in [0.25, 0.3) is 0 Å². The summed E-state index contributed by atoms with van der Waals surface area (Å²) in [5.41, 5.74) is 1.16. The number of ether oxygens (including phenoxy) is 1. The number of aryl methyl sites for hydroxylation is 1. The van der Waals surface area contributed by atoms with Crippen LogP contribution in [0.1, 0.15) is 37.4 Å². The van der Waals surface area contributed by atoms with Crippen LogP contribution in [-0.4, -0.2) is 38.7 Å². The molecule has 0 aromatic carbocycles. The fourth-order valence-electron chi connectivity index (χ4n) is 1.97. The summed E-state index contributed by atoms with van der Waals surface area (Å²) in [7, 11) is 4.16. The van der Waals surface area contributed by atoms with Gasteiger partial charge in [-0.05, 0) is 52.5 Å². The van der Waals surface area contributed by atoms with Crippen LogP contribution in [0.2, 0.25) is 0 Å². The van der Waals surface area contributed by atoms with Gasteiger partial charge in [0.15, 0.2) is 0 Å². The molecule has 0 radical (unpaired) electrons. The molecule has 0 aliphatic heterocycles. The first kappa shape index (κ1) is 17.2. The summed E-state index contributed by atoms with van der Waals surface area (Å²) >= 11 is 0. The Hall–Kier alpha value is -0.840. The third-order valence-corrected chi connectivity index (χ3v) is 3.07. The van der Waals surface area contributed by atoms with Crippen LogP contribution < -0.4 is 5.32 Å². The third kappa shape index (κ3) is 7.08. The van der Waals surface area contributed by atoms with Gasteiger partial charge >= 0.3 is 0 Å². The molecular formula is C16H30N2O2. The Morgan fingerprint density at radius 1 is 1.35 bits per heavy atom. The third-order valence-electron chi connectivity index (χ3n) is 3.07. The zero-order chi connectivity index (χ0) is 15.0. The highest BCUT2D eigenvalue weighted by atomic mass is 16.5. The van der Waals surface area contributed by atoms with Crippen molar-refractivity contribution in [3.05, 3.63) is 23.2 Å². The highest BCUT2D eigenvalue weighted by molar-refractivity contribution is 5.19. The molecule has 116 valence electrons. The normalized spacial score (nSPS) is 11.8. The van der Waals surface area contributed by atoms with Crippen molar-refractivity contribution in [3.63, 3.8) is 0 Å². The van der Waals surface area contributed by atoms with Gasteiger partial charge in [-0.15, -0.1) is 0 Å². The Bertz CT molecular complexity index is 373. The number of hydrogen-bond donors (Lipinski definition) is 1. The van der Waals surface area contributed by atoms with Crippen molar-refractivity contribution >= 4 is 0 Å². The van der Waals surface area contributed by atoms with Crippen LogP contribution in [0.15, 0.2) is 10.5 Å². The molecule has 0 unspecified atom stereocenters. The van der Waals surface area contributed by atoms with Crippen molar-refractivity contribution in [2.45, 2.75) is 40.3 Å². The molecule has 20 heavy (non-hydrogen) atoms. The van der Waals surface area contributed by atoms with Crippen LogP contribution in [0, 0.1) is 12.8 Å². The Morgan fingerprint density at radius 2 is 2.10 bits per heavy atom. The minimum Gasteiger partial charge on any atom is -0.465 e. The molecule has 0 atom stereocenters. The van der Waals surface area contributed by atoms with Gasteiger partial charge in [-0.3, -0.25) is 0 Å². The van der Waals surface area contributed by atoms with E-state index in [-0.39, 0.29) is 0 Å². The van der Waals surface area contributed by atoms with E-state index in [0.29, 0.717) is 12.5 Å². The van der Waals surface area contributed by atoms with E-state index in [1.54, 1.807) is 0 Å². The van der Waals surface area contributed by atoms with Gasteiger partial charge < -0.3 is 19.4 Å². The van der Waals surface area contributed by atoms with Crippen LogP contribution in [0.4, 0.5) is 0 Å². The standard InChI is InChI=1S/C16H30N2O2/c1-13(2)10-17-11-16-9-15(14(3)20-16)12-19-8-6-7-18(4)5/h9,13,17H,6-8,10-12H2,1-5H3. The number of hydrogen-bond acceptors (Lipinski definition) is 4. The van der Waals surface area contributed by atoms with Crippen LogP contribution in [0.3, 0.4) is 0 Å². The van der Waals surface area contributed by atoms with Crippen molar-refractivity contribution in [1.82, 2.24) is 10.2 Å². The minimum atomic E-state index is 0.646. The molecule has 0 saturated heterocycles. The number of nitrogens with one attached hydrogen (secondary N) is 1. The van der Waals surface area contributed by atoms with Gasteiger partial charge in [-0.2, -0.15) is 0 Å². The summed E-state index contributed by atoms with van der Waals surface area (Å²) in [6.07, 6.45) is 1.06. The second kappa shape index (κ2) is 9.16. The molecule has 1 aromatic rings. The number of rotatable bonds is 10. The topological polar surface area (TPSA) is 37.6 Å². The van der Waals surface area contributed by atoms with Crippen molar-refractivity contribution in [2.24, 2.45) is 5.92 Å². The molecule has 1 aromatic heterocycles. The summed E-state index contributed by atoms with van der Waals surface area (Å²) < 4.78 is 11.4. The van der Waals surface area contributed by atoms with E-state index in [4.69, 9.17) is 9.15 Å². The lowest BCUT2D eigenvalue weighted by molar-refractivity contribution is 0.112. The SMILES string of the molecule is Cc1oc(CNCC(C)C)cc1COCCCN(C)C. The van der Waals surface area contributed by atoms with Gasteiger partial charge in [0, 0.05) is 12.2 Å². The molecule has 1 heterocycles. The average molecular weight is 282 g/mol. The fourth-order valence-corrected chi connectivity index (χ4v) is 1.97. The molecule has 0 spiro atoms. The van der Waals surface area contributed by atoms with Gasteiger partial charge in [0.05, 0.1) is 13.2 Å². The van der Waals surface area contributed by atoms with E-state index >= 15 is 0 Å². The highest BCUT2D eigenvalue weighted by Crippen LogP contribution is 2.15. The van der Waals surface area contributed by atoms with Gasteiger partial charge in [0.2, 0.25) is 0 Å². The summed E-state index contributed by atoms with van der Waals surface area (Å²) in [4.78, 5) is 2.17. The van der Waals surface area contributed by atoms with E-state index in [9.17, 15) is 0 Å². The minimum absolute atomic E-state index is 0.646. The number of furan rings is 1. The average Bonchev–Trinajstić information content (AvgIpc) is 2.69. The smallest absolute Gasteiger partial charge is 0.118 e. The first-order valence-electron chi connectivity index (χ1n) is 7.50. The van der Waals surface area contributed by atoms with Gasteiger partial charge in [0.25, 0.3) is 0 Å². The van der Waals surface area contributed by atoms with Crippen LogP contribution in [0.5, 0.6) is 0 Å². The van der Waals surface area contributed by atoms with E-state index in [1.165, 1.54) is 0 Å². The molecule has 0 aliphatic carbocycles. The maximum atomic E-state index is 5.74. The lowest BCUT2D eigenvalue weighted by atomic mass is 10.2. The lowest BCUT2D eigenvalue weighted by Crippen LogP contribution is -2.18. The maximum Gasteiger partial charge on any atom is 0.118 e. The molecule has 4 nitrogen and oxygen atoms in total. The quantitative estimate of drug-likeness (QED) is 0.670. The molecular weight excluding hydrogens is 252 g/mol. The summed E-state index contributed by atoms with van der Waals surface area (Å²) in [6.45, 7) is 10.7. The second-order valence-corrected chi connectivity index (χ2v) is 6.03. The Balaban J connectivity index is 2.26. The second-order valence-electron chi connectivity index (χ2n) is 6.03. The van der Waals surface area contributed by atoms with Gasteiger partial charge in [-0.1, -0.05) is 13.8 Å². The lowest BCUT2D eigenvalue weighted by Gasteiger charge is -2.09. The predicted octanol–water partition coefficient (Wildman–Crippen LogP) is 2.80. The fraction of sp³-hybridized carbons (Fsp3) is 0.750. The van der Waals surface area contributed by atoms with Crippen LogP contribution >= 0.6 is 0 Å². The van der Waals surface area contributed by atoms with Crippen molar-refractivity contribution in [1.29, 1.82) is 0 Å². The molecule has 0 fully saturated rings. The zero-order valence-electron chi connectivity index (χ0n) is 13.7.